The molecule has 4 aromatic rings. The molecule has 4 aromatic carbocycles. The summed E-state index contributed by atoms with van der Waals surface area (Å²) in [6, 6.07) is 28.6. The molecule has 0 radical (unpaired) electrons. The topological polar surface area (TPSA) is 78.5 Å². The number of nitrogens with one attached hydrogen (secondary N) is 2. The molecule has 7 heteroatoms. The molecule has 1 heterocycles. The Hall–Kier alpha value is -3.94. The molecule has 6 nitrogen and oxygen atoms in total. The monoisotopic (exact) mass is 539 g/mol. The predicted molar refractivity (Wildman–Crippen MR) is 158 cm³/mol. The maximum atomic E-state index is 12.7. The molecule has 0 saturated carbocycles. The number of benzene rings is 4. The quantitative estimate of drug-likeness (QED) is 0.203. The molecule has 1 amide bonds. The number of unbranched alkanes of at least 4 members (excludes halogenated alkanes) is 1. The van der Waals surface area contributed by atoms with Crippen molar-refractivity contribution >= 4 is 38.5 Å². The summed E-state index contributed by atoms with van der Waals surface area (Å²) < 4.78 is 28.1. The van der Waals surface area contributed by atoms with Gasteiger partial charge < -0.3 is 5.32 Å². The van der Waals surface area contributed by atoms with E-state index < -0.39 is 10.0 Å². The number of carbonyl (C=O) groups is 1. The fraction of sp³-hybridized carbons (Fsp3) is 0.219. The SMILES string of the molecule is O=C(/C=C/c1ccc2ccccc2c1)NCCCCN1CCc2ccc(NS(=O)(=O)c3ccccc3)cc2C1. The van der Waals surface area contributed by atoms with Gasteiger partial charge in [-0.3, -0.25) is 14.4 Å². The van der Waals surface area contributed by atoms with E-state index in [-0.39, 0.29) is 10.8 Å². The number of hydrogen-bond acceptors (Lipinski definition) is 4. The van der Waals surface area contributed by atoms with E-state index in [4.69, 9.17) is 0 Å². The Kier molecular flexibility index (Phi) is 8.39. The van der Waals surface area contributed by atoms with Crippen LogP contribution in [-0.2, 0) is 27.8 Å². The summed E-state index contributed by atoms with van der Waals surface area (Å²) in [4.78, 5) is 14.9. The molecule has 0 atom stereocenters. The van der Waals surface area contributed by atoms with E-state index in [1.807, 2.05) is 42.5 Å². The number of amides is 1. The van der Waals surface area contributed by atoms with Crippen LogP contribution in [0, 0.1) is 0 Å². The normalized spacial score (nSPS) is 13.8. The van der Waals surface area contributed by atoms with Crippen molar-refractivity contribution in [2.75, 3.05) is 24.4 Å². The summed E-state index contributed by atoms with van der Waals surface area (Å²) in [5, 5.41) is 5.32. The Bertz CT molecular complexity index is 1580. The number of anilines is 1. The first-order valence-electron chi connectivity index (χ1n) is 13.3. The van der Waals surface area contributed by atoms with Crippen molar-refractivity contribution in [2.24, 2.45) is 0 Å². The standard InChI is InChI=1S/C32H33N3O3S/c36-32(17-13-25-12-14-26-8-4-5-9-28(26)22-25)33-19-6-7-20-35-21-18-27-15-16-30(23-29(27)24-35)34-39(37,38)31-10-2-1-3-11-31/h1-5,8-17,22-23,34H,6-7,18-21,24H2,(H,33,36)/b17-13+. The highest BCUT2D eigenvalue weighted by molar-refractivity contribution is 7.92. The molecule has 0 spiro atoms. The fourth-order valence-corrected chi connectivity index (χ4v) is 5.97. The second-order valence-corrected chi connectivity index (χ2v) is 11.5. The van der Waals surface area contributed by atoms with Crippen molar-refractivity contribution in [3.05, 3.63) is 114 Å². The molecule has 2 N–H and O–H groups in total. The Morgan fingerprint density at radius 3 is 2.49 bits per heavy atom. The van der Waals surface area contributed by atoms with Gasteiger partial charge in [0, 0.05) is 31.4 Å². The summed E-state index contributed by atoms with van der Waals surface area (Å²) in [5.41, 5.74) is 4.00. The van der Waals surface area contributed by atoms with Gasteiger partial charge in [0.15, 0.2) is 0 Å². The highest BCUT2D eigenvalue weighted by Gasteiger charge is 2.18. The Morgan fingerprint density at radius 1 is 0.846 bits per heavy atom. The van der Waals surface area contributed by atoms with E-state index >= 15 is 0 Å². The zero-order valence-corrected chi connectivity index (χ0v) is 22.7. The Balaban J connectivity index is 1.06. The highest BCUT2D eigenvalue weighted by atomic mass is 32.2. The average molecular weight is 540 g/mol. The van der Waals surface area contributed by atoms with Crippen molar-refractivity contribution in [3.8, 4) is 0 Å². The Morgan fingerprint density at radius 2 is 1.64 bits per heavy atom. The van der Waals surface area contributed by atoms with Gasteiger partial charge in [-0.05, 0) is 89.7 Å². The van der Waals surface area contributed by atoms with Crippen molar-refractivity contribution < 1.29 is 13.2 Å². The third kappa shape index (κ3) is 7.13. The van der Waals surface area contributed by atoms with Crippen LogP contribution in [0.15, 0.2) is 102 Å². The number of carbonyl (C=O) groups excluding carboxylic acids is 1. The van der Waals surface area contributed by atoms with Crippen LogP contribution in [0.2, 0.25) is 0 Å². The fourth-order valence-electron chi connectivity index (χ4n) is 4.90. The van der Waals surface area contributed by atoms with E-state index in [2.05, 4.69) is 39.2 Å². The van der Waals surface area contributed by atoms with E-state index in [0.717, 1.165) is 55.4 Å². The van der Waals surface area contributed by atoms with Crippen LogP contribution in [0.5, 0.6) is 0 Å². The van der Waals surface area contributed by atoms with E-state index in [1.165, 1.54) is 10.9 Å². The smallest absolute Gasteiger partial charge is 0.261 e. The lowest BCUT2D eigenvalue weighted by Gasteiger charge is -2.29. The summed E-state index contributed by atoms with van der Waals surface area (Å²) in [7, 11) is -3.61. The molecule has 0 aliphatic carbocycles. The van der Waals surface area contributed by atoms with Crippen LogP contribution < -0.4 is 10.0 Å². The minimum Gasteiger partial charge on any atom is -0.353 e. The van der Waals surface area contributed by atoms with Gasteiger partial charge in [0.1, 0.15) is 0 Å². The Labute approximate surface area is 230 Å². The maximum Gasteiger partial charge on any atom is 0.261 e. The van der Waals surface area contributed by atoms with Crippen LogP contribution >= 0.6 is 0 Å². The van der Waals surface area contributed by atoms with E-state index in [1.54, 1.807) is 36.4 Å². The molecular weight excluding hydrogens is 506 g/mol. The van der Waals surface area contributed by atoms with Crippen LogP contribution in [-0.4, -0.2) is 38.9 Å². The molecular formula is C32H33N3O3S. The van der Waals surface area contributed by atoms with Crippen LogP contribution in [0.3, 0.4) is 0 Å². The highest BCUT2D eigenvalue weighted by Crippen LogP contribution is 2.25. The third-order valence-electron chi connectivity index (χ3n) is 7.00. The van der Waals surface area contributed by atoms with Gasteiger partial charge in [-0.2, -0.15) is 0 Å². The first-order valence-corrected chi connectivity index (χ1v) is 14.8. The summed E-state index contributed by atoms with van der Waals surface area (Å²) in [5.74, 6) is -0.0828. The summed E-state index contributed by atoms with van der Waals surface area (Å²) in [6.07, 6.45) is 6.26. The summed E-state index contributed by atoms with van der Waals surface area (Å²) in [6.45, 7) is 3.33. The van der Waals surface area contributed by atoms with Gasteiger partial charge in [-0.15, -0.1) is 0 Å². The molecule has 5 rings (SSSR count). The van der Waals surface area contributed by atoms with Gasteiger partial charge in [0.05, 0.1) is 4.90 Å². The molecule has 1 aliphatic heterocycles. The average Bonchev–Trinajstić information content (AvgIpc) is 2.96. The number of nitrogens with zero attached hydrogens (tertiary/aromatic N) is 1. The molecule has 0 unspecified atom stereocenters. The number of rotatable bonds is 10. The molecule has 1 aliphatic rings. The van der Waals surface area contributed by atoms with E-state index in [9.17, 15) is 13.2 Å². The third-order valence-corrected chi connectivity index (χ3v) is 8.40. The number of hydrogen-bond donors (Lipinski definition) is 2. The zero-order valence-electron chi connectivity index (χ0n) is 21.8. The lowest BCUT2D eigenvalue weighted by Crippen LogP contribution is -2.32. The van der Waals surface area contributed by atoms with Gasteiger partial charge in [-0.25, -0.2) is 8.42 Å². The number of sulfonamides is 1. The molecule has 200 valence electrons. The molecule has 0 saturated heterocycles. The van der Waals surface area contributed by atoms with E-state index in [0.29, 0.717) is 12.2 Å². The van der Waals surface area contributed by atoms with Gasteiger partial charge in [0.2, 0.25) is 5.91 Å². The minimum atomic E-state index is -3.61. The second kappa shape index (κ2) is 12.3. The predicted octanol–water partition coefficient (Wildman–Crippen LogP) is 5.61. The van der Waals surface area contributed by atoms with Crippen molar-refractivity contribution in [2.45, 2.75) is 30.7 Å². The molecule has 0 bridgehead atoms. The van der Waals surface area contributed by atoms with Crippen LogP contribution in [0.4, 0.5) is 5.69 Å². The van der Waals surface area contributed by atoms with Crippen LogP contribution in [0.25, 0.3) is 16.8 Å². The van der Waals surface area contributed by atoms with Crippen molar-refractivity contribution in [1.29, 1.82) is 0 Å². The zero-order chi connectivity index (χ0) is 27.1. The minimum absolute atomic E-state index is 0.0828. The summed E-state index contributed by atoms with van der Waals surface area (Å²) >= 11 is 0. The van der Waals surface area contributed by atoms with Gasteiger partial charge >= 0.3 is 0 Å². The van der Waals surface area contributed by atoms with Crippen LogP contribution in [0.1, 0.15) is 29.5 Å². The first kappa shape index (κ1) is 26.7. The van der Waals surface area contributed by atoms with Gasteiger partial charge in [-0.1, -0.05) is 60.7 Å². The largest absolute Gasteiger partial charge is 0.353 e. The van der Waals surface area contributed by atoms with Crippen molar-refractivity contribution in [1.82, 2.24) is 10.2 Å². The van der Waals surface area contributed by atoms with Crippen molar-refractivity contribution in [3.63, 3.8) is 0 Å². The number of fused-ring (bicyclic) bond motifs is 2. The molecule has 0 fully saturated rings. The van der Waals surface area contributed by atoms with Gasteiger partial charge in [0.25, 0.3) is 10.0 Å². The second-order valence-electron chi connectivity index (χ2n) is 9.87. The first-order chi connectivity index (χ1) is 19.0. The lowest BCUT2D eigenvalue weighted by molar-refractivity contribution is -0.116. The molecule has 39 heavy (non-hydrogen) atoms. The maximum absolute atomic E-state index is 12.7. The lowest BCUT2D eigenvalue weighted by atomic mass is 9.99. The molecule has 0 aromatic heterocycles.